The third kappa shape index (κ3) is 5.04. The van der Waals surface area contributed by atoms with Crippen molar-refractivity contribution in [1.82, 2.24) is 34.9 Å². The second kappa shape index (κ2) is 11.0. The van der Waals surface area contributed by atoms with Crippen molar-refractivity contribution in [2.24, 2.45) is 0 Å². The van der Waals surface area contributed by atoms with Gasteiger partial charge in [-0.25, -0.2) is 4.98 Å². The van der Waals surface area contributed by atoms with Crippen molar-refractivity contribution in [1.29, 1.82) is 0 Å². The molecule has 6 aromatic rings. The molecule has 1 unspecified atom stereocenters. The minimum atomic E-state index is -0.100. The summed E-state index contributed by atoms with van der Waals surface area (Å²) in [7, 11) is 3.98. The number of amides is 1. The van der Waals surface area contributed by atoms with Crippen molar-refractivity contribution < 1.29 is 4.79 Å². The molecule has 5 heterocycles. The summed E-state index contributed by atoms with van der Waals surface area (Å²) in [5.41, 5.74) is 9.20. The van der Waals surface area contributed by atoms with E-state index < -0.39 is 0 Å². The molecule has 0 bridgehead atoms. The summed E-state index contributed by atoms with van der Waals surface area (Å²) in [5.74, 6) is -0.00698. The van der Waals surface area contributed by atoms with E-state index in [1.807, 2.05) is 80.6 Å². The van der Waals surface area contributed by atoms with Gasteiger partial charge in [0.15, 0.2) is 0 Å². The number of para-hydroxylation sites is 1. The van der Waals surface area contributed by atoms with E-state index in [4.69, 9.17) is 15.1 Å². The van der Waals surface area contributed by atoms with Crippen LogP contribution in [0.3, 0.4) is 0 Å². The van der Waals surface area contributed by atoms with Crippen LogP contribution >= 0.6 is 0 Å². The molecule has 0 saturated carbocycles. The molecule has 1 aliphatic rings. The third-order valence-corrected chi connectivity index (χ3v) is 8.18. The van der Waals surface area contributed by atoms with Gasteiger partial charge >= 0.3 is 0 Å². The highest BCUT2D eigenvalue weighted by atomic mass is 16.1. The summed E-state index contributed by atoms with van der Waals surface area (Å²) in [6, 6.07) is 26.3. The number of aromatic nitrogens is 5. The molecular weight excluding hydrogens is 534 g/mol. The van der Waals surface area contributed by atoms with Gasteiger partial charge in [0.05, 0.1) is 28.0 Å². The number of benzene rings is 2. The fraction of sp³-hybridized carbons (Fsp3) is 0.229. The van der Waals surface area contributed by atoms with Gasteiger partial charge in [-0.3, -0.25) is 19.4 Å². The normalized spacial score (nSPS) is 14.5. The molecule has 4 aromatic heterocycles. The van der Waals surface area contributed by atoms with Crippen LogP contribution in [0, 0.1) is 6.92 Å². The lowest BCUT2D eigenvalue weighted by molar-refractivity contribution is 0.0951. The monoisotopic (exact) mass is 567 g/mol. The first-order valence-electron chi connectivity index (χ1n) is 14.7. The molecule has 1 amide bonds. The van der Waals surface area contributed by atoms with Crippen LogP contribution in [0.15, 0.2) is 85.1 Å². The van der Waals surface area contributed by atoms with E-state index in [2.05, 4.69) is 45.3 Å². The fourth-order valence-electron chi connectivity index (χ4n) is 6.07. The highest BCUT2D eigenvalue weighted by Crippen LogP contribution is 2.45. The van der Waals surface area contributed by atoms with Crippen molar-refractivity contribution in [2.45, 2.75) is 25.8 Å². The van der Waals surface area contributed by atoms with E-state index >= 15 is 0 Å². The molecule has 0 radical (unpaired) electrons. The van der Waals surface area contributed by atoms with Crippen molar-refractivity contribution >= 4 is 27.7 Å². The molecular formula is C35H33N7O. The molecule has 0 aliphatic carbocycles. The van der Waals surface area contributed by atoms with Crippen molar-refractivity contribution in [3.63, 3.8) is 0 Å². The first-order chi connectivity index (χ1) is 21.0. The smallest absolute Gasteiger partial charge is 0.251 e. The average Bonchev–Trinajstić information content (AvgIpc) is 3.59. The van der Waals surface area contributed by atoms with E-state index in [9.17, 15) is 4.79 Å². The van der Waals surface area contributed by atoms with Gasteiger partial charge in [-0.1, -0.05) is 36.4 Å². The Bertz CT molecular complexity index is 1990. The average molecular weight is 568 g/mol. The molecule has 2 aromatic carbocycles. The van der Waals surface area contributed by atoms with Crippen LogP contribution in [0.1, 0.15) is 39.8 Å². The van der Waals surface area contributed by atoms with E-state index in [0.717, 1.165) is 80.9 Å². The van der Waals surface area contributed by atoms with E-state index in [0.29, 0.717) is 12.1 Å². The number of nitrogens with one attached hydrogen (secondary N) is 1. The summed E-state index contributed by atoms with van der Waals surface area (Å²) >= 11 is 0. The van der Waals surface area contributed by atoms with Crippen LogP contribution in [0.25, 0.3) is 44.3 Å². The zero-order valence-electron chi connectivity index (χ0n) is 24.6. The Morgan fingerprint density at radius 2 is 1.84 bits per heavy atom. The molecule has 1 N–H and O–H groups in total. The molecule has 8 nitrogen and oxygen atoms in total. The minimum Gasteiger partial charge on any atom is -0.351 e. The molecule has 1 aliphatic heterocycles. The quantitative estimate of drug-likeness (QED) is 0.261. The molecule has 0 saturated heterocycles. The van der Waals surface area contributed by atoms with Gasteiger partial charge in [0.1, 0.15) is 5.69 Å². The number of carbonyl (C=O) groups excluding carboxylic acids is 1. The first kappa shape index (κ1) is 26.9. The van der Waals surface area contributed by atoms with Gasteiger partial charge in [-0.15, -0.1) is 0 Å². The zero-order chi connectivity index (χ0) is 29.5. The molecule has 8 heteroatoms. The Hall–Kier alpha value is -4.95. The number of hydrogen-bond donors (Lipinski definition) is 1. The second-order valence-corrected chi connectivity index (χ2v) is 11.4. The van der Waals surface area contributed by atoms with Gasteiger partial charge in [-0.05, 0) is 69.9 Å². The molecule has 0 fully saturated rings. The van der Waals surface area contributed by atoms with E-state index in [1.54, 1.807) is 0 Å². The van der Waals surface area contributed by atoms with Gasteiger partial charge in [-0.2, -0.15) is 5.10 Å². The Morgan fingerprint density at radius 3 is 2.70 bits per heavy atom. The Kier molecular flexibility index (Phi) is 6.91. The van der Waals surface area contributed by atoms with E-state index in [1.165, 1.54) is 0 Å². The lowest BCUT2D eigenvalue weighted by atomic mass is 9.91. The highest BCUT2D eigenvalue weighted by molar-refractivity contribution is 6.00. The van der Waals surface area contributed by atoms with Crippen molar-refractivity contribution in [3.8, 4) is 22.5 Å². The largest absolute Gasteiger partial charge is 0.351 e. The molecule has 214 valence electrons. The van der Waals surface area contributed by atoms with Crippen LogP contribution in [-0.4, -0.2) is 62.7 Å². The minimum absolute atomic E-state index is 0.0931. The van der Waals surface area contributed by atoms with Crippen LogP contribution in [0.2, 0.25) is 0 Å². The number of likely N-dealkylation sites (N-methyl/N-ethyl adjacent to an activating group) is 1. The summed E-state index contributed by atoms with van der Waals surface area (Å²) < 4.78 is 2.13. The maximum absolute atomic E-state index is 12.9. The first-order valence-corrected chi connectivity index (χ1v) is 14.7. The Labute approximate surface area is 250 Å². The number of aryl methyl sites for hydroxylation is 2. The van der Waals surface area contributed by atoms with Crippen LogP contribution in [0.5, 0.6) is 0 Å². The van der Waals surface area contributed by atoms with Gasteiger partial charge in [0.2, 0.25) is 0 Å². The van der Waals surface area contributed by atoms with Crippen molar-refractivity contribution in [2.75, 3.05) is 27.2 Å². The number of carbonyl (C=O) groups is 1. The predicted molar refractivity (Wildman–Crippen MR) is 170 cm³/mol. The van der Waals surface area contributed by atoms with Crippen LogP contribution in [-0.2, 0) is 6.54 Å². The maximum atomic E-state index is 12.9. The van der Waals surface area contributed by atoms with Gasteiger partial charge in [0, 0.05) is 65.0 Å². The predicted octanol–water partition coefficient (Wildman–Crippen LogP) is 5.84. The number of hydrogen-bond acceptors (Lipinski definition) is 6. The third-order valence-electron chi connectivity index (χ3n) is 8.18. The molecule has 7 rings (SSSR count). The second-order valence-electron chi connectivity index (χ2n) is 11.4. The zero-order valence-corrected chi connectivity index (χ0v) is 24.6. The number of rotatable bonds is 7. The molecule has 43 heavy (non-hydrogen) atoms. The summed E-state index contributed by atoms with van der Waals surface area (Å²) in [4.78, 5) is 29.7. The SMILES string of the molecule is Cc1cccc(C2CCn3nc(-c4ccnc5ccccc45)c(-c4ccc5ccc(C(=O)NCCN(C)C)cc5n4)c32)n1. The Morgan fingerprint density at radius 1 is 0.977 bits per heavy atom. The van der Waals surface area contributed by atoms with E-state index in [-0.39, 0.29) is 11.8 Å². The fourth-order valence-corrected chi connectivity index (χ4v) is 6.07. The Balaban J connectivity index is 1.39. The van der Waals surface area contributed by atoms with Crippen LogP contribution in [0.4, 0.5) is 0 Å². The topological polar surface area (TPSA) is 88.8 Å². The van der Waals surface area contributed by atoms with Gasteiger partial charge < -0.3 is 10.2 Å². The van der Waals surface area contributed by atoms with Gasteiger partial charge in [0.25, 0.3) is 5.91 Å². The maximum Gasteiger partial charge on any atom is 0.251 e. The lowest BCUT2D eigenvalue weighted by Crippen LogP contribution is -2.31. The molecule has 0 spiro atoms. The summed E-state index contributed by atoms with van der Waals surface area (Å²) in [6.07, 6.45) is 2.77. The number of nitrogens with zero attached hydrogens (tertiary/aromatic N) is 6. The summed E-state index contributed by atoms with van der Waals surface area (Å²) in [5, 5.41) is 10.2. The highest BCUT2D eigenvalue weighted by Gasteiger charge is 2.34. The number of fused-ring (bicyclic) bond motifs is 3. The molecule has 1 atom stereocenters. The van der Waals surface area contributed by atoms with Crippen LogP contribution < -0.4 is 5.32 Å². The standard InChI is InChI=1S/C35H33N7O/c1-22-7-6-10-29(38-22)27-16-19-42-34(27)32(33(40-42)26-15-17-36-28-9-5-4-8-25(26)28)30-14-13-23-11-12-24(21-31(23)39-30)35(43)37-18-20-41(2)3/h4-15,17,21,27H,16,18-20H2,1-3H3,(H,37,43). The lowest BCUT2D eigenvalue weighted by Gasteiger charge is -2.14. The van der Waals surface area contributed by atoms with Crippen molar-refractivity contribution in [3.05, 3.63) is 108 Å². The summed E-state index contributed by atoms with van der Waals surface area (Å²) in [6.45, 7) is 4.19. The number of pyridine rings is 3.